The molecule has 1 atom stereocenters. The predicted octanol–water partition coefficient (Wildman–Crippen LogP) is 1.09. The molecule has 0 bridgehead atoms. The van der Waals surface area contributed by atoms with Gasteiger partial charge in [0.05, 0.1) is 13.2 Å². The summed E-state index contributed by atoms with van der Waals surface area (Å²) in [5, 5.41) is 11.6. The van der Waals surface area contributed by atoms with Crippen LogP contribution in [0.25, 0.3) is 0 Å². The highest BCUT2D eigenvalue weighted by Gasteiger charge is 2.13. The molecular formula is C14H17NO3. The summed E-state index contributed by atoms with van der Waals surface area (Å²) >= 11 is 0. The number of nitrogens with one attached hydrogen (secondary N) is 1. The van der Waals surface area contributed by atoms with Gasteiger partial charge in [0, 0.05) is 0 Å². The lowest BCUT2D eigenvalue weighted by molar-refractivity contribution is -0.126. The van der Waals surface area contributed by atoms with Gasteiger partial charge in [-0.2, -0.15) is 0 Å². The quantitative estimate of drug-likeness (QED) is 0.766. The number of amides is 1. The molecule has 18 heavy (non-hydrogen) atoms. The number of rotatable bonds is 5. The molecule has 0 heterocycles. The van der Waals surface area contributed by atoms with Gasteiger partial charge in [-0.25, -0.2) is 0 Å². The van der Waals surface area contributed by atoms with Crippen molar-refractivity contribution < 1.29 is 14.6 Å². The Kier molecular flexibility index (Phi) is 5.75. The van der Waals surface area contributed by atoms with E-state index in [1.165, 1.54) is 0 Å². The van der Waals surface area contributed by atoms with Crippen molar-refractivity contribution in [2.45, 2.75) is 26.6 Å². The van der Waals surface area contributed by atoms with Crippen LogP contribution >= 0.6 is 0 Å². The second-order valence-electron chi connectivity index (χ2n) is 3.71. The van der Waals surface area contributed by atoms with Crippen molar-refractivity contribution in [2.24, 2.45) is 0 Å². The molecule has 4 heteroatoms. The number of ether oxygens (including phenoxy) is 1. The van der Waals surface area contributed by atoms with Gasteiger partial charge in [0.2, 0.25) is 0 Å². The van der Waals surface area contributed by atoms with Crippen LogP contribution in [0.5, 0.6) is 5.75 Å². The Morgan fingerprint density at radius 3 is 3.00 bits per heavy atom. The van der Waals surface area contributed by atoms with Crippen LogP contribution in [-0.4, -0.2) is 23.7 Å². The number of aliphatic hydroxyl groups excluding tert-OH is 1. The lowest BCUT2D eigenvalue weighted by atomic mass is 10.2. The summed E-state index contributed by atoms with van der Waals surface area (Å²) in [6.45, 7) is 3.65. The van der Waals surface area contributed by atoms with Gasteiger partial charge >= 0.3 is 0 Å². The number of benzene rings is 1. The molecule has 96 valence electrons. The van der Waals surface area contributed by atoms with Crippen molar-refractivity contribution in [3.8, 4) is 17.6 Å². The van der Waals surface area contributed by atoms with Crippen LogP contribution in [-0.2, 0) is 11.4 Å². The molecule has 0 aromatic heterocycles. The van der Waals surface area contributed by atoms with E-state index in [0.717, 1.165) is 5.56 Å². The van der Waals surface area contributed by atoms with Crippen LogP contribution < -0.4 is 10.1 Å². The first-order valence-electron chi connectivity index (χ1n) is 5.71. The van der Waals surface area contributed by atoms with E-state index < -0.39 is 6.10 Å². The summed E-state index contributed by atoms with van der Waals surface area (Å²) in [5.41, 5.74) is 0.747. The molecule has 0 aliphatic heterocycles. The largest absolute Gasteiger partial charge is 0.481 e. The molecule has 0 aliphatic carbocycles. The number of carbonyl (C=O) groups excluding carboxylic acids is 1. The van der Waals surface area contributed by atoms with Gasteiger partial charge in [0.1, 0.15) is 5.75 Å². The zero-order valence-electron chi connectivity index (χ0n) is 10.6. The van der Waals surface area contributed by atoms with Crippen molar-refractivity contribution in [3.05, 3.63) is 29.8 Å². The van der Waals surface area contributed by atoms with Crippen molar-refractivity contribution in [2.75, 3.05) is 6.54 Å². The van der Waals surface area contributed by atoms with Crippen LogP contribution in [0.2, 0.25) is 0 Å². The highest BCUT2D eigenvalue weighted by Crippen LogP contribution is 2.14. The van der Waals surface area contributed by atoms with E-state index in [1.807, 2.05) is 0 Å². The first-order valence-corrected chi connectivity index (χ1v) is 5.71. The second kappa shape index (κ2) is 7.36. The molecule has 1 aromatic carbocycles. The Bertz CT molecular complexity index is 460. The molecule has 4 nitrogen and oxygen atoms in total. The third-order valence-electron chi connectivity index (χ3n) is 2.29. The van der Waals surface area contributed by atoms with E-state index in [2.05, 4.69) is 17.2 Å². The minimum absolute atomic E-state index is 0.0517. The SMILES string of the molecule is CC#CCNC(=O)C(C)Oc1cccc(CO)c1. The first-order chi connectivity index (χ1) is 8.67. The Morgan fingerprint density at radius 2 is 2.33 bits per heavy atom. The van der Waals surface area contributed by atoms with Crippen LogP contribution in [0, 0.1) is 11.8 Å². The molecular weight excluding hydrogens is 230 g/mol. The van der Waals surface area contributed by atoms with E-state index >= 15 is 0 Å². The van der Waals surface area contributed by atoms with Crippen LogP contribution in [0.4, 0.5) is 0 Å². The van der Waals surface area contributed by atoms with Gasteiger partial charge in [-0.15, -0.1) is 5.92 Å². The fourth-order valence-corrected chi connectivity index (χ4v) is 1.34. The zero-order chi connectivity index (χ0) is 13.4. The second-order valence-corrected chi connectivity index (χ2v) is 3.71. The van der Waals surface area contributed by atoms with Crippen molar-refractivity contribution in [1.82, 2.24) is 5.32 Å². The minimum Gasteiger partial charge on any atom is -0.481 e. The van der Waals surface area contributed by atoms with E-state index in [1.54, 1.807) is 38.1 Å². The lowest BCUT2D eigenvalue weighted by Gasteiger charge is -2.14. The van der Waals surface area contributed by atoms with Crippen LogP contribution in [0.1, 0.15) is 19.4 Å². The van der Waals surface area contributed by atoms with Crippen LogP contribution in [0.3, 0.4) is 0 Å². The summed E-state index contributed by atoms with van der Waals surface area (Å²) in [7, 11) is 0. The maximum atomic E-state index is 11.6. The zero-order valence-corrected chi connectivity index (χ0v) is 10.6. The topological polar surface area (TPSA) is 58.6 Å². The van der Waals surface area contributed by atoms with Gasteiger partial charge in [-0.05, 0) is 31.5 Å². The standard InChI is InChI=1S/C14H17NO3/c1-3-4-8-15-14(17)11(2)18-13-7-5-6-12(9-13)10-16/h5-7,9,11,16H,8,10H2,1-2H3,(H,15,17). The Morgan fingerprint density at radius 1 is 1.56 bits per heavy atom. The molecule has 1 unspecified atom stereocenters. The lowest BCUT2D eigenvalue weighted by Crippen LogP contribution is -2.36. The normalized spacial score (nSPS) is 11.1. The fraction of sp³-hybridized carbons (Fsp3) is 0.357. The van der Waals surface area contributed by atoms with E-state index in [4.69, 9.17) is 9.84 Å². The molecule has 0 saturated heterocycles. The molecule has 1 rings (SSSR count). The fourth-order valence-electron chi connectivity index (χ4n) is 1.34. The highest BCUT2D eigenvalue weighted by molar-refractivity contribution is 5.80. The van der Waals surface area contributed by atoms with E-state index in [0.29, 0.717) is 12.3 Å². The average molecular weight is 247 g/mol. The summed E-state index contributed by atoms with van der Waals surface area (Å²) in [4.78, 5) is 11.6. The molecule has 1 aromatic rings. The van der Waals surface area contributed by atoms with Gasteiger partial charge in [0.15, 0.2) is 6.10 Å². The Labute approximate surface area is 107 Å². The monoisotopic (exact) mass is 247 g/mol. The van der Waals surface area contributed by atoms with Gasteiger partial charge < -0.3 is 15.2 Å². The third-order valence-corrected chi connectivity index (χ3v) is 2.29. The summed E-state index contributed by atoms with van der Waals surface area (Å²) < 4.78 is 5.48. The molecule has 0 fully saturated rings. The molecule has 0 spiro atoms. The highest BCUT2D eigenvalue weighted by atomic mass is 16.5. The smallest absolute Gasteiger partial charge is 0.261 e. The maximum absolute atomic E-state index is 11.6. The Hall–Kier alpha value is -1.99. The van der Waals surface area contributed by atoms with Gasteiger partial charge in [-0.1, -0.05) is 18.1 Å². The number of aliphatic hydroxyl groups is 1. The predicted molar refractivity (Wildman–Crippen MR) is 68.9 cm³/mol. The number of hydrogen-bond donors (Lipinski definition) is 2. The van der Waals surface area contributed by atoms with Crippen LogP contribution in [0.15, 0.2) is 24.3 Å². The number of hydrogen-bond acceptors (Lipinski definition) is 3. The summed E-state index contributed by atoms with van der Waals surface area (Å²) in [5.74, 6) is 5.78. The molecule has 2 N–H and O–H groups in total. The van der Waals surface area contributed by atoms with Crippen molar-refractivity contribution in [1.29, 1.82) is 0 Å². The van der Waals surface area contributed by atoms with Crippen molar-refractivity contribution in [3.63, 3.8) is 0 Å². The van der Waals surface area contributed by atoms with E-state index in [9.17, 15) is 4.79 Å². The number of carbonyl (C=O) groups is 1. The van der Waals surface area contributed by atoms with Gasteiger partial charge in [-0.3, -0.25) is 4.79 Å². The average Bonchev–Trinajstić information content (AvgIpc) is 2.39. The first kappa shape index (κ1) is 14.1. The molecule has 0 aliphatic rings. The molecule has 0 radical (unpaired) electrons. The molecule has 0 saturated carbocycles. The third kappa shape index (κ3) is 4.48. The van der Waals surface area contributed by atoms with E-state index in [-0.39, 0.29) is 12.5 Å². The Balaban J connectivity index is 2.54. The minimum atomic E-state index is -0.599. The molecule has 1 amide bonds. The van der Waals surface area contributed by atoms with Crippen molar-refractivity contribution >= 4 is 5.91 Å². The summed E-state index contributed by atoms with van der Waals surface area (Å²) in [6, 6.07) is 7.01. The maximum Gasteiger partial charge on any atom is 0.261 e. The summed E-state index contributed by atoms with van der Waals surface area (Å²) in [6.07, 6.45) is -0.599. The van der Waals surface area contributed by atoms with Gasteiger partial charge in [0.25, 0.3) is 5.91 Å².